The third kappa shape index (κ3) is 3.57. The number of hydrogen-bond acceptors (Lipinski definition) is 4. The van der Waals surface area contributed by atoms with Crippen LogP contribution in [0.5, 0.6) is 11.5 Å². The van der Waals surface area contributed by atoms with Crippen molar-refractivity contribution in [1.29, 1.82) is 0 Å². The molecule has 2 aliphatic rings. The van der Waals surface area contributed by atoms with Gasteiger partial charge in [0, 0.05) is 18.7 Å². The zero-order chi connectivity index (χ0) is 16.5. The number of carbonyl (C=O) groups is 1. The Morgan fingerprint density at radius 3 is 2.64 bits per heavy atom. The van der Waals surface area contributed by atoms with Crippen LogP contribution in [0.3, 0.4) is 0 Å². The largest absolute Gasteiger partial charge is 0.486 e. The number of ether oxygens (including phenoxy) is 2. The Hall–Kier alpha value is -2.24. The number of rotatable bonds is 3. The summed E-state index contributed by atoms with van der Waals surface area (Å²) in [5, 5.41) is 6.35. The number of benzene rings is 2. The van der Waals surface area contributed by atoms with E-state index in [9.17, 15) is 4.79 Å². The van der Waals surface area contributed by atoms with Crippen molar-refractivity contribution in [3.8, 4) is 11.5 Å². The first-order chi connectivity index (χ1) is 11.7. The highest BCUT2D eigenvalue weighted by atomic mass is 35.5. The molecule has 1 amide bonds. The van der Waals surface area contributed by atoms with E-state index in [2.05, 4.69) is 10.6 Å². The summed E-state index contributed by atoms with van der Waals surface area (Å²) >= 11 is 0. The highest BCUT2D eigenvalue weighted by Crippen LogP contribution is 2.32. The molecule has 6 heteroatoms. The van der Waals surface area contributed by atoms with E-state index in [-0.39, 0.29) is 24.4 Å². The monoisotopic (exact) mass is 360 g/mol. The summed E-state index contributed by atoms with van der Waals surface area (Å²) in [7, 11) is 0. The van der Waals surface area contributed by atoms with Gasteiger partial charge in [-0.2, -0.15) is 0 Å². The maximum atomic E-state index is 12.5. The van der Waals surface area contributed by atoms with Crippen LogP contribution >= 0.6 is 12.4 Å². The predicted molar refractivity (Wildman–Crippen MR) is 97.5 cm³/mol. The molecule has 4 rings (SSSR count). The third-order valence-corrected chi connectivity index (χ3v) is 4.51. The number of halogens is 1. The van der Waals surface area contributed by atoms with Gasteiger partial charge in [-0.15, -0.1) is 12.4 Å². The molecular weight excluding hydrogens is 340 g/mol. The molecule has 0 bridgehead atoms. The van der Waals surface area contributed by atoms with Gasteiger partial charge >= 0.3 is 0 Å². The van der Waals surface area contributed by atoms with Crippen LogP contribution in [0.2, 0.25) is 0 Å². The van der Waals surface area contributed by atoms with Crippen LogP contribution in [0.1, 0.15) is 40.0 Å². The smallest absolute Gasteiger partial charge is 0.251 e. The first-order valence-corrected chi connectivity index (χ1v) is 8.23. The fourth-order valence-corrected chi connectivity index (χ4v) is 3.13. The molecule has 0 saturated heterocycles. The van der Waals surface area contributed by atoms with Gasteiger partial charge in [-0.05, 0) is 47.9 Å². The van der Waals surface area contributed by atoms with Crippen LogP contribution in [-0.4, -0.2) is 19.1 Å². The van der Waals surface area contributed by atoms with Crippen molar-refractivity contribution in [1.82, 2.24) is 10.6 Å². The first-order valence-electron chi connectivity index (χ1n) is 8.23. The molecule has 5 nitrogen and oxygen atoms in total. The average Bonchev–Trinajstić information content (AvgIpc) is 3.08. The zero-order valence-electron chi connectivity index (χ0n) is 14.0. The van der Waals surface area contributed by atoms with Gasteiger partial charge in [0.05, 0.1) is 6.04 Å². The van der Waals surface area contributed by atoms with E-state index < -0.39 is 0 Å². The first kappa shape index (κ1) is 17.6. The second kappa shape index (κ2) is 7.33. The van der Waals surface area contributed by atoms with Gasteiger partial charge in [0.15, 0.2) is 11.5 Å². The fourth-order valence-electron chi connectivity index (χ4n) is 3.13. The molecule has 2 N–H and O–H groups in total. The van der Waals surface area contributed by atoms with Gasteiger partial charge < -0.3 is 20.1 Å². The molecule has 25 heavy (non-hydrogen) atoms. The van der Waals surface area contributed by atoms with Crippen LogP contribution in [0.4, 0.5) is 0 Å². The standard InChI is InChI=1S/C19H20N2O3.ClH/c1-12(13-4-5-17-18(9-13)24-7-6-23-17)21-19(22)14-2-3-15-10-20-11-16(15)8-14;/h2-5,8-9,12,20H,6-7,10-11H2,1H3,(H,21,22);1H. The van der Waals surface area contributed by atoms with Gasteiger partial charge in [0.2, 0.25) is 0 Å². The van der Waals surface area contributed by atoms with Crippen molar-refractivity contribution >= 4 is 18.3 Å². The predicted octanol–water partition coefficient (Wildman–Crippen LogP) is 2.97. The maximum absolute atomic E-state index is 12.5. The second-order valence-electron chi connectivity index (χ2n) is 6.19. The summed E-state index contributed by atoms with van der Waals surface area (Å²) in [5.74, 6) is 1.44. The molecule has 2 aliphatic heterocycles. The highest BCUT2D eigenvalue weighted by Gasteiger charge is 2.18. The van der Waals surface area contributed by atoms with Crippen molar-refractivity contribution in [2.75, 3.05) is 13.2 Å². The molecule has 2 aromatic rings. The molecular formula is C19H21ClN2O3. The Balaban J connectivity index is 0.00000182. The molecule has 2 heterocycles. The van der Waals surface area contributed by atoms with E-state index in [4.69, 9.17) is 9.47 Å². The minimum absolute atomic E-state index is 0. The van der Waals surface area contributed by atoms with Crippen molar-refractivity contribution < 1.29 is 14.3 Å². The summed E-state index contributed by atoms with van der Waals surface area (Å²) < 4.78 is 11.1. The Kier molecular flexibility index (Phi) is 5.16. The number of nitrogens with one attached hydrogen (secondary N) is 2. The van der Waals surface area contributed by atoms with Gasteiger partial charge in [-0.25, -0.2) is 0 Å². The van der Waals surface area contributed by atoms with Crippen molar-refractivity contribution in [2.45, 2.75) is 26.1 Å². The van der Waals surface area contributed by atoms with Crippen molar-refractivity contribution in [3.63, 3.8) is 0 Å². The van der Waals surface area contributed by atoms with Gasteiger partial charge in [-0.1, -0.05) is 12.1 Å². The van der Waals surface area contributed by atoms with Crippen LogP contribution in [-0.2, 0) is 13.1 Å². The Morgan fingerprint density at radius 1 is 1.04 bits per heavy atom. The minimum Gasteiger partial charge on any atom is -0.486 e. The van der Waals surface area contributed by atoms with E-state index in [0.717, 1.165) is 30.2 Å². The zero-order valence-corrected chi connectivity index (χ0v) is 14.8. The summed E-state index contributed by atoms with van der Waals surface area (Å²) in [5.41, 5.74) is 4.17. The molecule has 132 valence electrons. The van der Waals surface area contributed by atoms with E-state index in [1.165, 1.54) is 11.1 Å². The molecule has 0 saturated carbocycles. The quantitative estimate of drug-likeness (QED) is 0.883. The SMILES string of the molecule is CC(NC(=O)c1ccc2c(c1)CNC2)c1ccc2c(c1)OCCO2.Cl. The van der Waals surface area contributed by atoms with E-state index in [0.29, 0.717) is 18.8 Å². The summed E-state index contributed by atoms with van der Waals surface area (Å²) in [4.78, 5) is 12.5. The number of carbonyl (C=O) groups excluding carboxylic acids is 1. The molecule has 0 aliphatic carbocycles. The molecule has 0 aromatic heterocycles. The van der Waals surface area contributed by atoms with Gasteiger partial charge in [-0.3, -0.25) is 4.79 Å². The van der Waals surface area contributed by atoms with E-state index >= 15 is 0 Å². The fraction of sp³-hybridized carbons (Fsp3) is 0.316. The average molecular weight is 361 g/mol. The lowest BCUT2D eigenvalue weighted by molar-refractivity contribution is 0.0939. The Bertz CT molecular complexity index is 794. The molecule has 1 unspecified atom stereocenters. The van der Waals surface area contributed by atoms with Gasteiger partial charge in [0.1, 0.15) is 13.2 Å². The molecule has 2 aromatic carbocycles. The highest BCUT2D eigenvalue weighted by molar-refractivity contribution is 5.94. The molecule has 0 radical (unpaired) electrons. The summed E-state index contributed by atoms with van der Waals surface area (Å²) in [6.07, 6.45) is 0. The summed E-state index contributed by atoms with van der Waals surface area (Å²) in [6, 6.07) is 11.6. The van der Waals surface area contributed by atoms with Crippen LogP contribution in [0.25, 0.3) is 0 Å². The maximum Gasteiger partial charge on any atom is 0.251 e. The second-order valence-corrected chi connectivity index (χ2v) is 6.19. The topological polar surface area (TPSA) is 59.6 Å². The minimum atomic E-state index is -0.111. The Morgan fingerprint density at radius 2 is 1.80 bits per heavy atom. The lowest BCUT2D eigenvalue weighted by Crippen LogP contribution is -2.27. The van der Waals surface area contributed by atoms with Crippen LogP contribution in [0, 0.1) is 0 Å². The third-order valence-electron chi connectivity index (χ3n) is 4.51. The number of amides is 1. The lowest BCUT2D eigenvalue weighted by Gasteiger charge is -2.21. The molecule has 1 atom stereocenters. The Labute approximate surface area is 153 Å². The van der Waals surface area contributed by atoms with E-state index in [1.54, 1.807) is 0 Å². The number of hydrogen-bond donors (Lipinski definition) is 2. The van der Waals surface area contributed by atoms with Crippen molar-refractivity contribution in [2.24, 2.45) is 0 Å². The lowest BCUT2D eigenvalue weighted by atomic mass is 10.0. The number of fused-ring (bicyclic) bond motifs is 2. The van der Waals surface area contributed by atoms with Gasteiger partial charge in [0.25, 0.3) is 5.91 Å². The summed E-state index contributed by atoms with van der Waals surface area (Å²) in [6.45, 7) is 4.81. The van der Waals surface area contributed by atoms with E-state index in [1.807, 2.05) is 43.3 Å². The van der Waals surface area contributed by atoms with Crippen LogP contribution < -0.4 is 20.1 Å². The molecule has 0 spiro atoms. The van der Waals surface area contributed by atoms with Crippen LogP contribution in [0.15, 0.2) is 36.4 Å². The van der Waals surface area contributed by atoms with Crippen molar-refractivity contribution in [3.05, 3.63) is 58.7 Å². The normalized spacial score (nSPS) is 15.7. The molecule has 0 fully saturated rings.